The summed E-state index contributed by atoms with van der Waals surface area (Å²) < 4.78 is 10.5. The fourth-order valence-electron chi connectivity index (χ4n) is 1.80. The number of halogens is 1. The van der Waals surface area contributed by atoms with Gasteiger partial charge in [-0.3, -0.25) is 4.79 Å². The summed E-state index contributed by atoms with van der Waals surface area (Å²) in [7, 11) is 0. The van der Waals surface area contributed by atoms with Crippen LogP contribution in [-0.4, -0.2) is 51.0 Å². The number of piperidine rings is 1. The molecule has 0 spiro atoms. The van der Waals surface area contributed by atoms with Crippen molar-refractivity contribution in [3.05, 3.63) is 0 Å². The highest BCUT2D eigenvalue weighted by Crippen LogP contribution is 2.02. The Labute approximate surface area is 115 Å². The third-order valence-corrected chi connectivity index (χ3v) is 2.81. The molecule has 0 aromatic carbocycles. The van der Waals surface area contributed by atoms with Crippen LogP contribution in [0.15, 0.2) is 0 Å². The Bertz CT molecular complexity index is 223. The summed E-state index contributed by atoms with van der Waals surface area (Å²) in [4.78, 5) is 11.8. The van der Waals surface area contributed by atoms with Gasteiger partial charge >= 0.3 is 0 Å². The van der Waals surface area contributed by atoms with Crippen molar-refractivity contribution in [1.29, 1.82) is 0 Å². The predicted octanol–water partition coefficient (Wildman–Crippen LogP) is 0.718. The van der Waals surface area contributed by atoms with Gasteiger partial charge in [0.05, 0.1) is 13.2 Å². The first-order valence-electron chi connectivity index (χ1n) is 6.44. The monoisotopic (exact) mass is 280 g/mol. The quantitative estimate of drug-likeness (QED) is 0.675. The van der Waals surface area contributed by atoms with E-state index in [1.165, 1.54) is 0 Å². The number of hydrogen-bond donors (Lipinski definition) is 2. The zero-order valence-electron chi connectivity index (χ0n) is 11.2. The lowest BCUT2D eigenvalue weighted by molar-refractivity contribution is -0.133. The average molecular weight is 281 g/mol. The molecule has 5 nitrogen and oxygen atoms in total. The van der Waals surface area contributed by atoms with Crippen molar-refractivity contribution in [2.75, 3.05) is 32.9 Å². The van der Waals surface area contributed by atoms with Crippen molar-refractivity contribution in [3.63, 3.8) is 0 Å². The first kappa shape index (κ1) is 17.6. The van der Waals surface area contributed by atoms with Crippen LogP contribution in [0.1, 0.15) is 26.7 Å². The van der Waals surface area contributed by atoms with E-state index >= 15 is 0 Å². The van der Waals surface area contributed by atoms with Crippen LogP contribution < -0.4 is 10.6 Å². The fraction of sp³-hybridized carbons (Fsp3) is 0.917. The van der Waals surface area contributed by atoms with E-state index in [4.69, 9.17) is 9.47 Å². The van der Waals surface area contributed by atoms with Crippen molar-refractivity contribution in [2.45, 2.75) is 38.8 Å². The molecule has 1 heterocycles. The van der Waals surface area contributed by atoms with Gasteiger partial charge in [-0.05, 0) is 33.2 Å². The molecular weight excluding hydrogens is 256 g/mol. The summed E-state index contributed by atoms with van der Waals surface area (Å²) in [5.74, 6) is -0.0322. The molecule has 0 aliphatic carbocycles. The molecule has 0 bridgehead atoms. The molecule has 2 atom stereocenters. The zero-order valence-corrected chi connectivity index (χ0v) is 12.1. The van der Waals surface area contributed by atoms with Crippen molar-refractivity contribution in [3.8, 4) is 0 Å². The van der Waals surface area contributed by atoms with Crippen LogP contribution in [0.4, 0.5) is 0 Å². The summed E-state index contributed by atoms with van der Waals surface area (Å²) in [6.07, 6.45) is 1.76. The van der Waals surface area contributed by atoms with E-state index in [9.17, 15) is 4.79 Å². The maximum atomic E-state index is 11.8. The Hall–Kier alpha value is -0.360. The molecule has 2 N–H and O–H groups in total. The number of amides is 1. The highest BCUT2D eigenvalue weighted by molar-refractivity contribution is 5.85. The molecule has 0 saturated carbocycles. The van der Waals surface area contributed by atoms with E-state index in [1.807, 2.05) is 6.92 Å². The van der Waals surface area contributed by atoms with Gasteiger partial charge in [-0.1, -0.05) is 0 Å². The highest BCUT2D eigenvalue weighted by Gasteiger charge is 2.19. The fourth-order valence-corrected chi connectivity index (χ4v) is 1.80. The topological polar surface area (TPSA) is 59.6 Å². The summed E-state index contributed by atoms with van der Waals surface area (Å²) in [6.45, 7) is 7.30. The largest absolute Gasteiger partial charge is 0.379 e. The maximum Gasteiger partial charge on any atom is 0.249 e. The minimum absolute atomic E-state index is 0. The summed E-state index contributed by atoms with van der Waals surface area (Å²) in [6, 6.07) is 0.245. The van der Waals surface area contributed by atoms with E-state index in [-0.39, 0.29) is 24.4 Å². The highest BCUT2D eigenvalue weighted by atomic mass is 35.5. The van der Waals surface area contributed by atoms with Gasteiger partial charge in [0.2, 0.25) is 5.91 Å². The normalized spacial score (nSPS) is 20.9. The first-order valence-corrected chi connectivity index (χ1v) is 6.44. The van der Waals surface area contributed by atoms with Crippen LogP contribution in [0.2, 0.25) is 0 Å². The summed E-state index contributed by atoms with van der Waals surface area (Å²) >= 11 is 0. The van der Waals surface area contributed by atoms with Crippen LogP contribution >= 0.6 is 12.4 Å². The molecule has 0 aromatic rings. The van der Waals surface area contributed by atoms with Gasteiger partial charge in [0.25, 0.3) is 0 Å². The first-order chi connectivity index (χ1) is 8.24. The van der Waals surface area contributed by atoms with Gasteiger partial charge in [-0.15, -0.1) is 12.4 Å². The van der Waals surface area contributed by atoms with Gasteiger partial charge in [0.15, 0.2) is 0 Å². The molecule has 1 amide bonds. The number of ether oxygens (including phenoxy) is 2. The minimum atomic E-state index is -0.405. The number of hydrogen-bond acceptors (Lipinski definition) is 4. The van der Waals surface area contributed by atoms with Gasteiger partial charge < -0.3 is 20.1 Å². The number of carbonyl (C=O) groups is 1. The molecular formula is C12H25ClN2O3. The zero-order chi connectivity index (χ0) is 12.5. The molecule has 1 saturated heterocycles. The molecule has 18 heavy (non-hydrogen) atoms. The second-order valence-electron chi connectivity index (χ2n) is 4.26. The van der Waals surface area contributed by atoms with Crippen molar-refractivity contribution in [1.82, 2.24) is 10.6 Å². The molecule has 1 rings (SSSR count). The van der Waals surface area contributed by atoms with Gasteiger partial charge in [0, 0.05) is 19.2 Å². The second kappa shape index (κ2) is 10.6. The minimum Gasteiger partial charge on any atom is -0.379 e. The van der Waals surface area contributed by atoms with E-state index in [2.05, 4.69) is 10.6 Å². The Balaban J connectivity index is 0.00000289. The van der Waals surface area contributed by atoms with Gasteiger partial charge in [0.1, 0.15) is 6.10 Å². The van der Waals surface area contributed by atoms with Crippen LogP contribution in [0.25, 0.3) is 0 Å². The van der Waals surface area contributed by atoms with Crippen molar-refractivity contribution >= 4 is 18.3 Å². The standard InChI is InChI=1S/C12H24N2O3.ClH/c1-3-16-7-8-17-10(2)12(15)14-11-5-4-6-13-9-11;/h10-11,13H,3-9H2,1-2H3,(H,14,15);1H. The van der Waals surface area contributed by atoms with Gasteiger partial charge in [-0.25, -0.2) is 0 Å². The number of nitrogens with one attached hydrogen (secondary N) is 2. The van der Waals surface area contributed by atoms with Crippen molar-refractivity contribution in [2.24, 2.45) is 0 Å². The Morgan fingerprint density at radius 2 is 2.28 bits per heavy atom. The molecule has 6 heteroatoms. The predicted molar refractivity (Wildman–Crippen MR) is 73.2 cm³/mol. The molecule has 1 aliphatic rings. The number of rotatable bonds is 7. The van der Waals surface area contributed by atoms with E-state index < -0.39 is 6.10 Å². The summed E-state index contributed by atoms with van der Waals surface area (Å²) in [5, 5.41) is 6.26. The van der Waals surface area contributed by atoms with E-state index in [1.54, 1.807) is 6.92 Å². The van der Waals surface area contributed by atoms with Gasteiger partial charge in [-0.2, -0.15) is 0 Å². The van der Waals surface area contributed by atoms with Crippen LogP contribution in [0.5, 0.6) is 0 Å². The molecule has 1 aliphatic heterocycles. The van der Waals surface area contributed by atoms with E-state index in [0.29, 0.717) is 19.8 Å². The lowest BCUT2D eigenvalue weighted by Gasteiger charge is -2.25. The Morgan fingerprint density at radius 1 is 1.50 bits per heavy atom. The van der Waals surface area contributed by atoms with Crippen LogP contribution in [0.3, 0.4) is 0 Å². The molecule has 2 unspecified atom stereocenters. The summed E-state index contributed by atoms with van der Waals surface area (Å²) in [5.41, 5.74) is 0. The molecule has 0 aromatic heterocycles. The Morgan fingerprint density at radius 3 is 2.89 bits per heavy atom. The third-order valence-electron chi connectivity index (χ3n) is 2.81. The molecule has 1 fully saturated rings. The smallest absolute Gasteiger partial charge is 0.249 e. The maximum absolute atomic E-state index is 11.8. The average Bonchev–Trinajstić information content (AvgIpc) is 2.35. The number of carbonyl (C=O) groups excluding carboxylic acids is 1. The second-order valence-corrected chi connectivity index (χ2v) is 4.26. The lowest BCUT2D eigenvalue weighted by atomic mass is 10.1. The lowest BCUT2D eigenvalue weighted by Crippen LogP contribution is -2.48. The van der Waals surface area contributed by atoms with E-state index in [0.717, 1.165) is 25.9 Å². The SMILES string of the molecule is CCOCCOC(C)C(=O)NC1CCCNC1.Cl. The third kappa shape index (κ3) is 7.16. The Kier molecular flexibility index (Phi) is 10.3. The van der Waals surface area contributed by atoms with Crippen LogP contribution in [-0.2, 0) is 14.3 Å². The van der Waals surface area contributed by atoms with Crippen molar-refractivity contribution < 1.29 is 14.3 Å². The van der Waals surface area contributed by atoms with Crippen LogP contribution in [0, 0.1) is 0 Å². The molecule has 0 radical (unpaired) electrons. The molecule has 108 valence electrons.